The summed E-state index contributed by atoms with van der Waals surface area (Å²) in [6, 6.07) is 13.7. The van der Waals surface area contributed by atoms with Crippen molar-refractivity contribution in [3.63, 3.8) is 0 Å². The molecule has 0 spiro atoms. The van der Waals surface area contributed by atoms with Crippen LogP contribution in [0.3, 0.4) is 0 Å². The van der Waals surface area contributed by atoms with Gasteiger partial charge in [-0.15, -0.1) is 0 Å². The Kier molecular flexibility index (Phi) is 5.65. The Labute approximate surface area is 129 Å². The third kappa shape index (κ3) is 5.01. The van der Waals surface area contributed by atoms with Crippen molar-refractivity contribution < 1.29 is 14.6 Å². The number of hydrogen-bond acceptors (Lipinski definition) is 3. The molecule has 2 aromatic carbocycles. The molecule has 0 aliphatic heterocycles. The van der Waals surface area contributed by atoms with Gasteiger partial charge in [-0.3, -0.25) is 0 Å². The van der Waals surface area contributed by atoms with E-state index in [9.17, 15) is 4.79 Å². The molecule has 2 amide bonds. The van der Waals surface area contributed by atoms with E-state index in [1.165, 1.54) is 17.7 Å². The third-order valence-corrected chi connectivity index (χ3v) is 3.06. The summed E-state index contributed by atoms with van der Waals surface area (Å²) in [4.78, 5) is 11.7. The molecule has 5 nitrogen and oxygen atoms in total. The predicted molar refractivity (Wildman–Crippen MR) is 86.2 cm³/mol. The number of anilines is 1. The van der Waals surface area contributed by atoms with Crippen molar-refractivity contribution in [3.05, 3.63) is 54.1 Å². The van der Waals surface area contributed by atoms with Gasteiger partial charge in [0.1, 0.15) is 11.5 Å². The number of carbonyl (C=O) groups is 1. The van der Waals surface area contributed by atoms with Crippen LogP contribution in [0, 0.1) is 0 Å². The Hall–Kier alpha value is -2.69. The van der Waals surface area contributed by atoms with Crippen LogP contribution in [0.25, 0.3) is 0 Å². The lowest BCUT2D eigenvalue weighted by Gasteiger charge is -2.10. The Morgan fingerprint density at radius 3 is 2.41 bits per heavy atom. The van der Waals surface area contributed by atoms with Gasteiger partial charge in [-0.2, -0.15) is 0 Å². The molecule has 0 unspecified atom stereocenters. The number of aromatic hydroxyl groups is 1. The highest BCUT2D eigenvalue weighted by Crippen LogP contribution is 2.14. The average molecular weight is 300 g/mol. The summed E-state index contributed by atoms with van der Waals surface area (Å²) in [6.45, 7) is 2.22. The summed E-state index contributed by atoms with van der Waals surface area (Å²) < 4.78 is 5.45. The standard InChI is InChI=1S/C17H20N2O3/c1-2-3-13-4-10-16(11-5-13)22-12-18-17(21)19-14-6-8-15(20)9-7-14/h4-11,20H,2-3,12H2,1H3,(H2,18,19,21). The van der Waals surface area contributed by atoms with Crippen molar-refractivity contribution in [3.8, 4) is 11.5 Å². The van der Waals surface area contributed by atoms with Gasteiger partial charge in [-0.05, 0) is 48.4 Å². The van der Waals surface area contributed by atoms with Crippen molar-refractivity contribution in [2.75, 3.05) is 12.0 Å². The van der Waals surface area contributed by atoms with Gasteiger partial charge in [0.05, 0.1) is 0 Å². The van der Waals surface area contributed by atoms with E-state index in [2.05, 4.69) is 17.6 Å². The number of phenolic OH excluding ortho intramolecular Hbond substituents is 1. The number of nitrogens with one attached hydrogen (secondary N) is 2. The van der Waals surface area contributed by atoms with Crippen LogP contribution < -0.4 is 15.4 Å². The lowest BCUT2D eigenvalue weighted by molar-refractivity contribution is 0.234. The van der Waals surface area contributed by atoms with E-state index in [0.717, 1.165) is 12.8 Å². The minimum Gasteiger partial charge on any atom is -0.508 e. The molecule has 3 N–H and O–H groups in total. The summed E-state index contributed by atoms with van der Waals surface area (Å²) in [5.74, 6) is 0.866. The number of urea groups is 1. The molecule has 0 atom stereocenters. The predicted octanol–water partition coefficient (Wildman–Crippen LogP) is 3.50. The minimum absolute atomic E-state index is 0.0804. The third-order valence-electron chi connectivity index (χ3n) is 3.06. The van der Waals surface area contributed by atoms with Crippen molar-refractivity contribution >= 4 is 11.7 Å². The van der Waals surface area contributed by atoms with Crippen LogP contribution in [0.15, 0.2) is 48.5 Å². The largest absolute Gasteiger partial charge is 0.508 e. The molecule has 0 saturated heterocycles. The highest BCUT2D eigenvalue weighted by molar-refractivity contribution is 5.89. The Balaban J connectivity index is 1.73. The molecular weight excluding hydrogens is 280 g/mol. The van der Waals surface area contributed by atoms with E-state index in [-0.39, 0.29) is 18.5 Å². The van der Waals surface area contributed by atoms with Gasteiger partial charge in [0.2, 0.25) is 0 Å². The topological polar surface area (TPSA) is 70.6 Å². The lowest BCUT2D eigenvalue weighted by atomic mass is 10.1. The van der Waals surface area contributed by atoms with Crippen LogP contribution in [0.1, 0.15) is 18.9 Å². The molecule has 0 fully saturated rings. The van der Waals surface area contributed by atoms with Gasteiger partial charge in [-0.25, -0.2) is 4.79 Å². The number of benzene rings is 2. The van der Waals surface area contributed by atoms with Crippen LogP contribution in [-0.2, 0) is 6.42 Å². The van der Waals surface area contributed by atoms with E-state index >= 15 is 0 Å². The summed E-state index contributed by atoms with van der Waals surface area (Å²) >= 11 is 0. The number of aryl methyl sites for hydroxylation is 1. The molecule has 0 saturated carbocycles. The molecular formula is C17H20N2O3. The SMILES string of the molecule is CCCc1ccc(OCNC(=O)Nc2ccc(O)cc2)cc1. The molecule has 0 radical (unpaired) electrons. The second kappa shape index (κ2) is 7.93. The number of rotatable bonds is 6. The fourth-order valence-corrected chi connectivity index (χ4v) is 1.95. The van der Waals surface area contributed by atoms with Crippen molar-refractivity contribution in [2.45, 2.75) is 19.8 Å². The first-order valence-electron chi connectivity index (χ1n) is 7.23. The molecule has 0 heterocycles. The van der Waals surface area contributed by atoms with Gasteiger partial charge >= 0.3 is 6.03 Å². The van der Waals surface area contributed by atoms with E-state index in [1.807, 2.05) is 24.3 Å². The lowest BCUT2D eigenvalue weighted by Crippen LogP contribution is -2.31. The minimum atomic E-state index is -0.367. The molecule has 0 aliphatic rings. The fourth-order valence-electron chi connectivity index (χ4n) is 1.95. The number of carbonyl (C=O) groups excluding carboxylic acids is 1. The zero-order valence-corrected chi connectivity index (χ0v) is 12.5. The van der Waals surface area contributed by atoms with E-state index in [1.54, 1.807) is 12.1 Å². The number of hydrogen-bond donors (Lipinski definition) is 3. The van der Waals surface area contributed by atoms with Crippen LogP contribution in [-0.4, -0.2) is 17.9 Å². The molecule has 22 heavy (non-hydrogen) atoms. The first-order chi connectivity index (χ1) is 10.7. The Morgan fingerprint density at radius 2 is 1.77 bits per heavy atom. The van der Waals surface area contributed by atoms with Gasteiger partial charge in [-0.1, -0.05) is 25.5 Å². The monoisotopic (exact) mass is 300 g/mol. The van der Waals surface area contributed by atoms with Gasteiger partial charge in [0, 0.05) is 5.69 Å². The molecule has 0 aliphatic carbocycles. The van der Waals surface area contributed by atoms with Gasteiger partial charge < -0.3 is 20.5 Å². The van der Waals surface area contributed by atoms with Crippen LogP contribution in [0.5, 0.6) is 11.5 Å². The number of amides is 2. The summed E-state index contributed by atoms with van der Waals surface area (Å²) in [5, 5.41) is 14.4. The van der Waals surface area contributed by atoms with Crippen LogP contribution in [0.2, 0.25) is 0 Å². The zero-order valence-electron chi connectivity index (χ0n) is 12.5. The second-order valence-corrected chi connectivity index (χ2v) is 4.86. The van der Waals surface area contributed by atoms with Crippen LogP contribution in [0.4, 0.5) is 10.5 Å². The summed E-state index contributed by atoms with van der Waals surface area (Å²) in [6.07, 6.45) is 2.16. The first kappa shape index (κ1) is 15.7. The van der Waals surface area contributed by atoms with E-state index in [0.29, 0.717) is 11.4 Å². The van der Waals surface area contributed by atoms with Crippen molar-refractivity contribution in [2.24, 2.45) is 0 Å². The zero-order chi connectivity index (χ0) is 15.8. The van der Waals surface area contributed by atoms with E-state index in [4.69, 9.17) is 9.84 Å². The summed E-state index contributed by atoms with van der Waals surface area (Å²) in [5.41, 5.74) is 1.87. The Bertz CT molecular complexity index is 594. The maximum atomic E-state index is 11.7. The molecule has 5 heteroatoms. The highest BCUT2D eigenvalue weighted by Gasteiger charge is 2.01. The van der Waals surface area contributed by atoms with Gasteiger partial charge in [0.15, 0.2) is 6.73 Å². The molecule has 2 aromatic rings. The molecule has 116 valence electrons. The average Bonchev–Trinajstić information content (AvgIpc) is 2.52. The fraction of sp³-hybridized carbons (Fsp3) is 0.235. The second-order valence-electron chi connectivity index (χ2n) is 4.86. The van der Waals surface area contributed by atoms with Crippen molar-refractivity contribution in [1.29, 1.82) is 0 Å². The maximum Gasteiger partial charge on any atom is 0.321 e. The number of ether oxygens (including phenoxy) is 1. The quantitative estimate of drug-likeness (QED) is 0.565. The molecule has 0 aromatic heterocycles. The highest BCUT2D eigenvalue weighted by atomic mass is 16.5. The smallest absolute Gasteiger partial charge is 0.321 e. The van der Waals surface area contributed by atoms with Crippen LogP contribution >= 0.6 is 0 Å². The summed E-state index contributed by atoms with van der Waals surface area (Å²) in [7, 11) is 0. The van der Waals surface area contributed by atoms with E-state index < -0.39 is 0 Å². The first-order valence-corrected chi connectivity index (χ1v) is 7.23. The maximum absolute atomic E-state index is 11.7. The molecule has 0 bridgehead atoms. The Morgan fingerprint density at radius 1 is 1.09 bits per heavy atom. The molecule has 2 rings (SSSR count). The number of phenols is 1. The normalized spacial score (nSPS) is 10.0. The van der Waals surface area contributed by atoms with Crippen molar-refractivity contribution in [1.82, 2.24) is 5.32 Å². The van der Waals surface area contributed by atoms with Gasteiger partial charge in [0.25, 0.3) is 0 Å².